The molecular formula is C19H23N3O2. The summed E-state index contributed by atoms with van der Waals surface area (Å²) in [6.45, 7) is 3.00. The molecule has 0 bridgehead atoms. The molecule has 1 aromatic heterocycles. The van der Waals surface area contributed by atoms with Crippen LogP contribution in [0.25, 0.3) is 0 Å². The van der Waals surface area contributed by atoms with Crippen LogP contribution >= 0.6 is 0 Å². The fraction of sp³-hybridized carbons (Fsp3) is 0.368. The van der Waals surface area contributed by atoms with E-state index in [0.717, 1.165) is 25.2 Å². The van der Waals surface area contributed by atoms with Gasteiger partial charge in [0, 0.05) is 12.7 Å². The SMILES string of the molecule is COc1ncccc1C(=O)NC(CN1CCCC1)c1ccccc1. The summed E-state index contributed by atoms with van der Waals surface area (Å²) < 4.78 is 5.20. The number of pyridine rings is 1. The van der Waals surface area contributed by atoms with Crippen LogP contribution in [0.2, 0.25) is 0 Å². The molecule has 1 aromatic carbocycles. The zero-order valence-corrected chi connectivity index (χ0v) is 13.9. The number of aromatic nitrogens is 1. The molecule has 1 fully saturated rings. The van der Waals surface area contributed by atoms with Crippen LogP contribution in [0.3, 0.4) is 0 Å². The smallest absolute Gasteiger partial charge is 0.257 e. The van der Waals surface area contributed by atoms with Crippen molar-refractivity contribution in [3.8, 4) is 5.88 Å². The Labute approximate surface area is 142 Å². The van der Waals surface area contributed by atoms with Crippen LogP contribution in [0, 0.1) is 0 Å². The molecule has 24 heavy (non-hydrogen) atoms. The largest absolute Gasteiger partial charge is 0.480 e. The normalized spacial score (nSPS) is 15.9. The van der Waals surface area contributed by atoms with E-state index in [1.165, 1.54) is 20.0 Å². The molecular weight excluding hydrogens is 302 g/mol. The highest BCUT2D eigenvalue weighted by atomic mass is 16.5. The van der Waals surface area contributed by atoms with Crippen molar-refractivity contribution < 1.29 is 9.53 Å². The van der Waals surface area contributed by atoms with Crippen LogP contribution in [-0.4, -0.2) is 42.5 Å². The molecule has 2 aromatic rings. The molecule has 126 valence electrons. The summed E-state index contributed by atoms with van der Waals surface area (Å²) in [5.74, 6) is 0.191. The van der Waals surface area contributed by atoms with Gasteiger partial charge in [-0.1, -0.05) is 30.3 Å². The lowest BCUT2D eigenvalue weighted by Gasteiger charge is -2.25. The first-order valence-corrected chi connectivity index (χ1v) is 8.35. The highest BCUT2D eigenvalue weighted by Crippen LogP contribution is 2.20. The molecule has 0 radical (unpaired) electrons. The Balaban J connectivity index is 1.79. The van der Waals surface area contributed by atoms with Crippen molar-refractivity contribution in [3.05, 3.63) is 59.8 Å². The highest BCUT2D eigenvalue weighted by Gasteiger charge is 2.22. The second kappa shape index (κ2) is 7.93. The summed E-state index contributed by atoms with van der Waals surface area (Å²) in [4.78, 5) is 19.2. The third-order valence-electron chi connectivity index (χ3n) is 4.36. The van der Waals surface area contributed by atoms with Crippen LogP contribution in [0.5, 0.6) is 5.88 Å². The standard InChI is InChI=1S/C19H23N3O2/c1-24-19-16(10-7-11-20-19)18(23)21-17(14-22-12-5-6-13-22)15-8-3-2-4-9-15/h2-4,7-11,17H,5-6,12-14H2,1H3,(H,21,23). The quantitative estimate of drug-likeness (QED) is 0.887. The maximum Gasteiger partial charge on any atom is 0.257 e. The Morgan fingerprint density at radius 1 is 1.21 bits per heavy atom. The maximum absolute atomic E-state index is 12.7. The molecule has 5 nitrogen and oxygen atoms in total. The van der Waals surface area contributed by atoms with Crippen LogP contribution in [0.15, 0.2) is 48.7 Å². The van der Waals surface area contributed by atoms with Crippen molar-refractivity contribution in [3.63, 3.8) is 0 Å². The van der Waals surface area contributed by atoms with Gasteiger partial charge in [0.25, 0.3) is 5.91 Å². The Kier molecular flexibility index (Phi) is 5.43. The molecule has 1 N–H and O–H groups in total. The number of likely N-dealkylation sites (tertiary alicyclic amines) is 1. The van der Waals surface area contributed by atoms with Gasteiger partial charge < -0.3 is 15.0 Å². The first-order chi connectivity index (χ1) is 11.8. The molecule has 0 saturated carbocycles. The van der Waals surface area contributed by atoms with Crippen molar-refractivity contribution in [2.24, 2.45) is 0 Å². The van der Waals surface area contributed by atoms with Crippen molar-refractivity contribution >= 4 is 5.91 Å². The van der Waals surface area contributed by atoms with Crippen LogP contribution in [0.1, 0.15) is 34.8 Å². The number of rotatable bonds is 6. The van der Waals surface area contributed by atoms with Crippen LogP contribution in [-0.2, 0) is 0 Å². The van der Waals surface area contributed by atoms with E-state index in [1.807, 2.05) is 18.2 Å². The van der Waals surface area contributed by atoms with Gasteiger partial charge in [0.2, 0.25) is 5.88 Å². The molecule has 1 unspecified atom stereocenters. The molecule has 1 aliphatic heterocycles. The van der Waals surface area contributed by atoms with Crippen molar-refractivity contribution in [1.29, 1.82) is 0 Å². The summed E-state index contributed by atoms with van der Waals surface area (Å²) in [5.41, 5.74) is 1.57. The van der Waals surface area contributed by atoms with E-state index in [0.29, 0.717) is 11.4 Å². The lowest BCUT2D eigenvalue weighted by Crippen LogP contribution is -2.37. The maximum atomic E-state index is 12.7. The second-order valence-electron chi connectivity index (χ2n) is 6.00. The fourth-order valence-electron chi connectivity index (χ4n) is 3.11. The number of carbonyl (C=O) groups is 1. The van der Waals surface area contributed by atoms with E-state index in [2.05, 4.69) is 27.3 Å². The Hall–Kier alpha value is -2.40. The minimum Gasteiger partial charge on any atom is -0.480 e. The molecule has 5 heteroatoms. The highest BCUT2D eigenvalue weighted by molar-refractivity contribution is 5.96. The number of methoxy groups -OCH3 is 1. The van der Waals surface area contributed by atoms with Crippen molar-refractivity contribution in [2.45, 2.75) is 18.9 Å². The monoisotopic (exact) mass is 325 g/mol. The number of nitrogens with zero attached hydrogens (tertiary/aromatic N) is 2. The number of hydrogen-bond acceptors (Lipinski definition) is 4. The Bertz CT molecular complexity index is 669. The van der Waals surface area contributed by atoms with Gasteiger partial charge in [-0.05, 0) is 43.6 Å². The lowest BCUT2D eigenvalue weighted by atomic mass is 10.1. The number of hydrogen-bond donors (Lipinski definition) is 1. The number of benzene rings is 1. The van der Waals surface area contributed by atoms with Gasteiger partial charge in [0.15, 0.2) is 0 Å². The number of ether oxygens (including phenoxy) is 1. The van der Waals surface area contributed by atoms with Gasteiger partial charge >= 0.3 is 0 Å². The molecule has 3 rings (SSSR count). The number of carbonyl (C=O) groups excluding carboxylic acids is 1. The van der Waals surface area contributed by atoms with Crippen molar-refractivity contribution in [1.82, 2.24) is 15.2 Å². The summed E-state index contributed by atoms with van der Waals surface area (Å²) in [5, 5.41) is 3.15. The van der Waals surface area contributed by atoms with Gasteiger partial charge in [-0.25, -0.2) is 4.98 Å². The number of nitrogens with one attached hydrogen (secondary N) is 1. The third kappa shape index (κ3) is 3.92. The van der Waals surface area contributed by atoms with E-state index in [-0.39, 0.29) is 11.9 Å². The fourth-order valence-corrected chi connectivity index (χ4v) is 3.11. The zero-order chi connectivity index (χ0) is 16.8. The second-order valence-corrected chi connectivity index (χ2v) is 6.00. The van der Waals surface area contributed by atoms with E-state index < -0.39 is 0 Å². The summed E-state index contributed by atoms with van der Waals surface area (Å²) in [6.07, 6.45) is 4.08. The van der Waals surface area contributed by atoms with E-state index in [9.17, 15) is 4.79 Å². The topological polar surface area (TPSA) is 54.5 Å². The summed E-state index contributed by atoms with van der Waals surface area (Å²) in [6, 6.07) is 13.5. The van der Waals surface area contributed by atoms with E-state index in [4.69, 9.17) is 4.74 Å². The predicted octanol–water partition coefficient (Wildman–Crippen LogP) is 2.66. The summed E-state index contributed by atoms with van der Waals surface area (Å²) in [7, 11) is 1.53. The summed E-state index contributed by atoms with van der Waals surface area (Å²) >= 11 is 0. The predicted molar refractivity (Wildman–Crippen MR) is 93.1 cm³/mol. The molecule has 2 heterocycles. The zero-order valence-electron chi connectivity index (χ0n) is 13.9. The van der Waals surface area contributed by atoms with E-state index in [1.54, 1.807) is 18.3 Å². The minimum absolute atomic E-state index is 0.0540. The lowest BCUT2D eigenvalue weighted by molar-refractivity contribution is 0.0923. The molecule has 0 aliphatic carbocycles. The minimum atomic E-state index is -0.159. The number of amides is 1. The first kappa shape index (κ1) is 16.5. The molecule has 1 amide bonds. The average Bonchev–Trinajstić information content (AvgIpc) is 3.15. The van der Waals surface area contributed by atoms with Gasteiger partial charge in [0.05, 0.1) is 13.2 Å². The van der Waals surface area contributed by atoms with Gasteiger partial charge in [-0.2, -0.15) is 0 Å². The third-order valence-corrected chi connectivity index (χ3v) is 4.36. The van der Waals surface area contributed by atoms with Gasteiger partial charge in [-0.15, -0.1) is 0 Å². The average molecular weight is 325 g/mol. The molecule has 0 spiro atoms. The Morgan fingerprint density at radius 2 is 1.96 bits per heavy atom. The van der Waals surface area contributed by atoms with Gasteiger partial charge in [-0.3, -0.25) is 4.79 Å². The molecule has 1 atom stereocenters. The van der Waals surface area contributed by atoms with Crippen molar-refractivity contribution in [2.75, 3.05) is 26.7 Å². The molecule has 1 saturated heterocycles. The van der Waals surface area contributed by atoms with E-state index >= 15 is 0 Å². The first-order valence-electron chi connectivity index (χ1n) is 8.35. The van der Waals surface area contributed by atoms with Gasteiger partial charge in [0.1, 0.15) is 5.56 Å². The Morgan fingerprint density at radius 3 is 2.67 bits per heavy atom. The van der Waals surface area contributed by atoms with Crippen LogP contribution in [0.4, 0.5) is 0 Å². The molecule has 1 aliphatic rings. The van der Waals surface area contributed by atoms with Crippen LogP contribution < -0.4 is 10.1 Å².